The van der Waals surface area contributed by atoms with E-state index in [4.69, 9.17) is 10.8 Å². The van der Waals surface area contributed by atoms with E-state index in [0.717, 1.165) is 0 Å². The zero-order valence-electron chi connectivity index (χ0n) is 10.6. The fourth-order valence-electron chi connectivity index (χ4n) is 1.64. The number of carbonyl (C=O) groups is 2. The van der Waals surface area contributed by atoms with Crippen LogP contribution in [0.4, 0.5) is 5.69 Å². The third-order valence-corrected chi connectivity index (χ3v) is 2.88. The van der Waals surface area contributed by atoms with Crippen LogP contribution in [0.2, 0.25) is 0 Å². The molecule has 0 saturated heterocycles. The molecule has 3 N–H and O–H groups in total. The summed E-state index contributed by atoms with van der Waals surface area (Å²) in [7, 11) is 0. The Bertz CT molecular complexity index is 446. The van der Waals surface area contributed by atoms with Crippen molar-refractivity contribution >= 4 is 17.6 Å². The minimum Gasteiger partial charge on any atom is -0.480 e. The summed E-state index contributed by atoms with van der Waals surface area (Å²) in [4.78, 5) is 24.4. The van der Waals surface area contributed by atoms with E-state index < -0.39 is 5.97 Å². The highest BCUT2D eigenvalue weighted by Gasteiger charge is 2.23. The van der Waals surface area contributed by atoms with E-state index in [-0.39, 0.29) is 18.5 Å². The molecule has 0 aliphatic rings. The van der Waals surface area contributed by atoms with Gasteiger partial charge in [0.05, 0.1) is 5.56 Å². The second-order valence-corrected chi connectivity index (χ2v) is 4.17. The Hall–Kier alpha value is -2.04. The van der Waals surface area contributed by atoms with Crippen molar-refractivity contribution in [2.75, 3.05) is 12.3 Å². The third kappa shape index (κ3) is 3.23. The van der Waals surface area contributed by atoms with Gasteiger partial charge in [-0.05, 0) is 25.5 Å². The number of amides is 1. The lowest BCUT2D eigenvalue weighted by molar-refractivity contribution is -0.138. The van der Waals surface area contributed by atoms with Crippen LogP contribution in [0, 0.1) is 0 Å². The molecule has 5 heteroatoms. The van der Waals surface area contributed by atoms with E-state index >= 15 is 0 Å². The number of hydrogen-bond acceptors (Lipinski definition) is 3. The summed E-state index contributed by atoms with van der Waals surface area (Å²) in [5.41, 5.74) is 6.45. The molecule has 0 aromatic heterocycles. The number of nitrogens with two attached hydrogens (primary N) is 1. The third-order valence-electron chi connectivity index (χ3n) is 2.88. The average Bonchev–Trinajstić information content (AvgIpc) is 2.34. The zero-order chi connectivity index (χ0) is 13.7. The van der Waals surface area contributed by atoms with Gasteiger partial charge < -0.3 is 15.7 Å². The lowest BCUT2D eigenvalue weighted by Gasteiger charge is -2.27. The summed E-state index contributed by atoms with van der Waals surface area (Å²) in [6, 6.07) is 6.53. The van der Waals surface area contributed by atoms with E-state index in [1.54, 1.807) is 24.3 Å². The minimum absolute atomic E-state index is 0.145. The standard InChI is InChI=1S/C13H18N2O3/c1-3-9(2)15(8-12(16)17)13(18)10-6-4-5-7-11(10)14/h4-7,9H,3,8,14H2,1-2H3,(H,16,17). The first-order valence-electron chi connectivity index (χ1n) is 5.84. The van der Waals surface area contributed by atoms with Crippen LogP contribution in [-0.2, 0) is 4.79 Å². The maximum Gasteiger partial charge on any atom is 0.323 e. The topological polar surface area (TPSA) is 83.6 Å². The number of anilines is 1. The van der Waals surface area contributed by atoms with Gasteiger partial charge in [0.1, 0.15) is 6.54 Å². The summed E-state index contributed by atoms with van der Waals surface area (Å²) in [6.07, 6.45) is 0.686. The highest BCUT2D eigenvalue weighted by Crippen LogP contribution is 2.16. The van der Waals surface area contributed by atoms with Crippen molar-refractivity contribution in [3.05, 3.63) is 29.8 Å². The number of aliphatic carboxylic acids is 1. The van der Waals surface area contributed by atoms with Gasteiger partial charge >= 0.3 is 5.97 Å². The fraction of sp³-hybridized carbons (Fsp3) is 0.385. The number of benzene rings is 1. The van der Waals surface area contributed by atoms with Crippen LogP contribution in [0.5, 0.6) is 0 Å². The molecule has 1 aromatic rings. The Morgan fingerprint density at radius 3 is 2.50 bits per heavy atom. The molecular weight excluding hydrogens is 232 g/mol. The lowest BCUT2D eigenvalue weighted by atomic mass is 10.1. The van der Waals surface area contributed by atoms with Gasteiger partial charge in [-0.25, -0.2) is 0 Å². The summed E-state index contributed by atoms with van der Waals surface area (Å²) < 4.78 is 0. The van der Waals surface area contributed by atoms with Crippen LogP contribution in [0.15, 0.2) is 24.3 Å². The van der Waals surface area contributed by atoms with E-state index in [2.05, 4.69) is 0 Å². The van der Waals surface area contributed by atoms with Crippen LogP contribution < -0.4 is 5.73 Å². The monoisotopic (exact) mass is 250 g/mol. The smallest absolute Gasteiger partial charge is 0.323 e. The van der Waals surface area contributed by atoms with Gasteiger partial charge in [-0.15, -0.1) is 0 Å². The number of rotatable bonds is 5. The van der Waals surface area contributed by atoms with Gasteiger partial charge in [-0.2, -0.15) is 0 Å². The van der Waals surface area contributed by atoms with Crippen molar-refractivity contribution in [2.45, 2.75) is 26.3 Å². The number of carboxylic acids is 1. The Morgan fingerprint density at radius 2 is 2.00 bits per heavy atom. The maximum absolute atomic E-state index is 12.3. The predicted octanol–water partition coefficient (Wildman–Crippen LogP) is 1.59. The molecule has 98 valence electrons. The molecule has 0 fully saturated rings. The quantitative estimate of drug-likeness (QED) is 0.777. The summed E-state index contributed by atoms with van der Waals surface area (Å²) >= 11 is 0. The zero-order valence-corrected chi connectivity index (χ0v) is 10.6. The molecular formula is C13H18N2O3. The summed E-state index contributed by atoms with van der Waals surface area (Å²) in [6.45, 7) is 3.41. The molecule has 1 unspecified atom stereocenters. The van der Waals surface area contributed by atoms with E-state index in [9.17, 15) is 9.59 Å². The number of para-hydroxylation sites is 1. The molecule has 1 rings (SSSR count). The molecule has 0 radical (unpaired) electrons. The largest absolute Gasteiger partial charge is 0.480 e. The number of carbonyl (C=O) groups excluding carboxylic acids is 1. The van der Waals surface area contributed by atoms with E-state index in [1.165, 1.54) is 4.90 Å². The van der Waals surface area contributed by atoms with Crippen molar-refractivity contribution in [3.8, 4) is 0 Å². The second-order valence-electron chi connectivity index (χ2n) is 4.17. The van der Waals surface area contributed by atoms with Crippen molar-refractivity contribution < 1.29 is 14.7 Å². The molecule has 0 aliphatic carbocycles. The Kier molecular flexibility index (Phi) is 4.71. The first-order valence-corrected chi connectivity index (χ1v) is 5.84. The van der Waals surface area contributed by atoms with Gasteiger partial charge in [0.25, 0.3) is 5.91 Å². The van der Waals surface area contributed by atoms with Crippen molar-refractivity contribution in [1.29, 1.82) is 0 Å². The summed E-state index contributed by atoms with van der Waals surface area (Å²) in [5, 5.41) is 8.87. The fourth-order valence-corrected chi connectivity index (χ4v) is 1.64. The van der Waals surface area contributed by atoms with Crippen LogP contribution in [-0.4, -0.2) is 34.5 Å². The van der Waals surface area contributed by atoms with E-state index in [1.807, 2.05) is 13.8 Å². The molecule has 0 aliphatic heterocycles. The van der Waals surface area contributed by atoms with Crippen LogP contribution >= 0.6 is 0 Å². The molecule has 0 spiro atoms. The van der Waals surface area contributed by atoms with Crippen molar-refractivity contribution in [1.82, 2.24) is 4.90 Å². The predicted molar refractivity (Wildman–Crippen MR) is 69.3 cm³/mol. The van der Waals surface area contributed by atoms with Crippen molar-refractivity contribution in [3.63, 3.8) is 0 Å². The van der Waals surface area contributed by atoms with Crippen LogP contribution in [0.3, 0.4) is 0 Å². The van der Waals surface area contributed by atoms with Gasteiger partial charge in [0.15, 0.2) is 0 Å². The molecule has 0 heterocycles. The highest BCUT2D eigenvalue weighted by molar-refractivity contribution is 6.00. The number of carboxylic acid groups (broad SMARTS) is 1. The number of hydrogen-bond donors (Lipinski definition) is 2. The first-order chi connectivity index (χ1) is 8.47. The van der Waals surface area contributed by atoms with E-state index in [0.29, 0.717) is 17.7 Å². The SMILES string of the molecule is CCC(C)N(CC(=O)O)C(=O)c1ccccc1N. The molecule has 18 heavy (non-hydrogen) atoms. The summed E-state index contributed by atoms with van der Waals surface area (Å²) in [5.74, 6) is -1.37. The van der Waals surface area contributed by atoms with Crippen LogP contribution in [0.1, 0.15) is 30.6 Å². The molecule has 0 saturated carbocycles. The normalized spacial score (nSPS) is 11.9. The first kappa shape index (κ1) is 14.0. The number of nitrogens with zero attached hydrogens (tertiary/aromatic N) is 1. The number of nitrogen functional groups attached to an aromatic ring is 1. The van der Waals surface area contributed by atoms with Gasteiger partial charge in [0, 0.05) is 11.7 Å². The molecule has 0 bridgehead atoms. The molecule has 5 nitrogen and oxygen atoms in total. The Morgan fingerprint density at radius 1 is 1.39 bits per heavy atom. The lowest BCUT2D eigenvalue weighted by Crippen LogP contribution is -2.42. The average molecular weight is 250 g/mol. The minimum atomic E-state index is -1.03. The van der Waals surface area contributed by atoms with Gasteiger partial charge in [0.2, 0.25) is 0 Å². The van der Waals surface area contributed by atoms with Crippen LogP contribution in [0.25, 0.3) is 0 Å². The highest BCUT2D eigenvalue weighted by atomic mass is 16.4. The molecule has 1 atom stereocenters. The van der Waals surface area contributed by atoms with Gasteiger partial charge in [-0.3, -0.25) is 9.59 Å². The maximum atomic E-state index is 12.3. The Labute approximate surface area is 106 Å². The second kappa shape index (κ2) is 6.05. The van der Waals surface area contributed by atoms with Crippen molar-refractivity contribution in [2.24, 2.45) is 0 Å². The van der Waals surface area contributed by atoms with Gasteiger partial charge in [-0.1, -0.05) is 19.1 Å². The molecule has 1 aromatic carbocycles. The molecule has 1 amide bonds. The Balaban J connectivity index is 3.02.